The quantitative estimate of drug-likeness (QED) is 0.368. The number of ether oxygens (including phenoxy) is 2. The Kier molecular flexibility index (Phi) is 4.24. The number of benzene rings is 3. The van der Waals surface area contributed by atoms with Crippen LogP contribution in [0.3, 0.4) is 0 Å². The highest BCUT2D eigenvalue weighted by molar-refractivity contribution is 5.89. The van der Waals surface area contributed by atoms with Crippen molar-refractivity contribution >= 4 is 10.9 Å². The van der Waals surface area contributed by atoms with E-state index in [0.29, 0.717) is 17.5 Å². The Morgan fingerprint density at radius 1 is 0.812 bits per heavy atom. The van der Waals surface area contributed by atoms with E-state index in [1.54, 1.807) is 0 Å². The second-order valence-corrected chi connectivity index (χ2v) is 7.99. The zero-order valence-corrected chi connectivity index (χ0v) is 17.8. The van der Waals surface area contributed by atoms with Crippen molar-refractivity contribution < 1.29 is 13.9 Å². The van der Waals surface area contributed by atoms with Gasteiger partial charge >= 0.3 is 0 Å². The number of rotatable bonds is 4. The van der Waals surface area contributed by atoms with Crippen LogP contribution in [0.4, 0.5) is 0 Å². The summed E-state index contributed by atoms with van der Waals surface area (Å²) in [6, 6.07) is 22.4. The molecular formula is C26H21N3O3. The van der Waals surface area contributed by atoms with Gasteiger partial charge in [-0.1, -0.05) is 30.3 Å². The molecule has 0 atom stereocenters. The van der Waals surface area contributed by atoms with Crippen molar-refractivity contribution in [3.63, 3.8) is 0 Å². The van der Waals surface area contributed by atoms with Crippen molar-refractivity contribution in [3.8, 4) is 34.4 Å². The maximum atomic E-state index is 6.01. The number of aromatic nitrogens is 3. The molecule has 32 heavy (non-hydrogen) atoms. The molecule has 0 spiro atoms. The van der Waals surface area contributed by atoms with Crippen molar-refractivity contribution in [2.45, 2.75) is 20.4 Å². The van der Waals surface area contributed by atoms with Crippen LogP contribution in [0.5, 0.6) is 11.5 Å². The van der Waals surface area contributed by atoms with E-state index in [4.69, 9.17) is 13.9 Å². The first-order chi connectivity index (χ1) is 15.7. The van der Waals surface area contributed by atoms with Crippen molar-refractivity contribution in [3.05, 3.63) is 83.6 Å². The molecule has 2 aromatic heterocycles. The fourth-order valence-electron chi connectivity index (χ4n) is 4.24. The van der Waals surface area contributed by atoms with Gasteiger partial charge in [-0.3, -0.25) is 0 Å². The van der Waals surface area contributed by atoms with Gasteiger partial charge in [0.15, 0.2) is 11.5 Å². The second-order valence-electron chi connectivity index (χ2n) is 7.99. The normalized spacial score (nSPS) is 12.6. The van der Waals surface area contributed by atoms with Crippen LogP contribution in [-0.2, 0) is 6.54 Å². The van der Waals surface area contributed by atoms with Crippen molar-refractivity contribution in [1.82, 2.24) is 14.8 Å². The summed E-state index contributed by atoms with van der Waals surface area (Å²) in [6.07, 6.45) is 0. The lowest BCUT2D eigenvalue weighted by Gasteiger charge is -2.09. The molecule has 0 saturated carbocycles. The lowest BCUT2D eigenvalue weighted by atomic mass is 10.1. The smallest absolute Gasteiger partial charge is 0.248 e. The molecule has 0 radical (unpaired) electrons. The summed E-state index contributed by atoms with van der Waals surface area (Å²) in [5.74, 6) is 2.36. The summed E-state index contributed by atoms with van der Waals surface area (Å²) in [4.78, 5) is 0. The summed E-state index contributed by atoms with van der Waals surface area (Å²) in [7, 11) is 0. The number of aryl methyl sites for hydroxylation is 1. The SMILES string of the molecule is Cc1c(C)n(Cc2ccccc2)c2ccc(-c3nnc(-c4ccc5c(c4)OCO5)o3)cc12. The third kappa shape index (κ3) is 3.03. The van der Waals surface area contributed by atoms with Gasteiger partial charge in [-0.2, -0.15) is 0 Å². The van der Waals surface area contributed by atoms with E-state index in [2.05, 4.69) is 65.0 Å². The molecule has 6 nitrogen and oxygen atoms in total. The lowest BCUT2D eigenvalue weighted by molar-refractivity contribution is 0.174. The van der Waals surface area contributed by atoms with Gasteiger partial charge in [-0.25, -0.2) is 0 Å². The highest BCUT2D eigenvalue weighted by atomic mass is 16.7. The van der Waals surface area contributed by atoms with Gasteiger partial charge in [0.05, 0.1) is 0 Å². The highest BCUT2D eigenvalue weighted by Crippen LogP contribution is 2.36. The van der Waals surface area contributed by atoms with E-state index in [1.165, 1.54) is 27.7 Å². The third-order valence-electron chi connectivity index (χ3n) is 6.11. The van der Waals surface area contributed by atoms with Crippen LogP contribution < -0.4 is 9.47 Å². The summed E-state index contributed by atoms with van der Waals surface area (Å²) < 4.78 is 19.2. The van der Waals surface area contributed by atoms with E-state index in [-0.39, 0.29) is 6.79 Å². The summed E-state index contributed by atoms with van der Waals surface area (Å²) >= 11 is 0. The molecule has 158 valence electrons. The fourth-order valence-corrected chi connectivity index (χ4v) is 4.24. The Morgan fingerprint density at radius 3 is 2.34 bits per heavy atom. The number of nitrogens with zero attached hydrogens (tertiary/aromatic N) is 3. The molecule has 1 aliphatic rings. The molecule has 0 unspecified atom stereocenters. The first-order valence-electron chi connectivity index (χ1n) is 10.5. The maximum absolute atomic E-state index is 6.01. The fraction of sp³-hybridized carbons (Fsp3) is 0.154. The zero-order valence-electron chi connectivity index (χ0n) is 17.8. The standard InChI is InChI=1S/C26H21N3O3/c1-16-17(2)29(14-18-6-4-3-5-7-18)22-10-8-19(12-21(16)22)25-27-28-26(32-25)20-9-11-23-24(13-20)31-15-30-23/h3-13H,14-15H2,1-2H3. The highest BCUT2D eigenvalue weighted by Gasteiger charge is 2.18. The first kappa shape index (κ1) is 18.7. The average Bonchev–Trinajstić information content (AvgIpc) is 3.55. The number of hydrogen-bond donors (Lipinski definition) is 0. The van der Waals surface area contributed by atoms with E-state index >= 15 is 0 Å². The average molecular weight is 423 g/mol. The van der Waals surface area contributed by atoms with E-state index in [1.807, 2.05) is 30.3 Å². The van der Waals surface area contributed by atoms with Crippen LogP contribution >= 0.6 is 0 Å². The zero-order chi connectivity index (χ0) is 21.7. The maximum Gasteiger partial charge on any atom is 0.248 e. The minimum absolute atomic E-state index is 0.233. The van der Waals surface area contributed by atoms with E-state index in [0.717, 1.165) is 23.4 Å². The van der Waals surface area contributed by atoms with Crippen molar-refractivity contribution in [2.24, 2.45) is 0 Å². The third-order valence-corrected chi connectivity index (χ3v) is 6.11. The predicted octanol–water partition coefficient (Wildman–Crippen LogP) is 5.75. The molecule has 3 aromatic carbocycles. The Balaban J connectivity index is 1.36. The van der Waals surface area contributed by atoms with Crippen LogP contribution in [0.2, 0.25) is 0 Å². The monoisotopic (exact) mass is 423 g/mol. The van der Waals surface area contributed by atoms with Gasteiger partial charge in [-0.15, -0.1) is 10.2 Å². The summed E-state index contributed by atoms with van der Waals surface area (Å²) in [5.41, 5.74) is 6.69. The van der Waals surface area contributed by atoms with Gasteiger partial charge in [0.2, 0.25) is 18.6 Å². The number of hydrogen-bond acceptors (Lipinski definition) is 5. The minimum atomic E-state index is 0.233. The molecule has 0 saturated heterocycles. The summed E-state index contributed by atoms with van der Waals surface area (Å²) in [5, 5.41) is 9.74. The molecular weight excluding hydrogens is 402 g/mol. The summed E-state index contributed by atoms with van der Waals surface area (Å²) in [6.45, 7) is 5.40. The van der Waals surface area contributed by atoms with Crippen LogP contribution in [-0.4, -0.2) is 21.6 Å². The predicted molar refractivity (Wildman–Crippen MR) is 122 cm³/mol. The molecule has 6 rings (SSSR count). The molecule has 5 aromatic rings. The van der Waals surface area contributed by atoms with Crippen LogP contribution in [0.25, 0.3) is 33.8 Å². The van der Waals surface area contributed by atoms with Gasteiger partial charge in [-0.05, 0) is 61.4 Å². The Bertz CT molecular complexity index is 1450. The van der Waals surface area contributed by atoms with Crippen LogP contribution in [0.15, 0.2) is 71.1 Å². The lowest BCUT2D eigenvalue weighted by Crippen LogP contribution is -2.01. The Hall–Kier alpha value is -4.06. The molecule has 0 bridgehead atoms. The Morgan fingerprint density at radius 2 is 1.53 bits per heavy atom. The van der Waals surface area contributed by atoms with Gasteiger partial charge < -0.3 is 18.5 Å². The Labute approximate surface area is 185 Å². The first-order valence-corrected chi connectivity index (χ1v) is 10.5. The van der Waals surface area contributed by atoms with E-state index in [9.17, 15) is 0 Å². The molecule has 0 amide bonds. The van der Waals surface area contributed by atoms with Gasteiger partial charge in [0.1, 0.15) is 0 Å². The van der Waals surface area contributed by atoms with Crippen molar-refractivity contribution in [2.75, 3.05) is 6.79 Å². The minimum Gasteiger partial charge on any atom is -0.454 e. The van der Waals surface area contributed by atoms with E-state index < -0.39 is 0 Å². The molecule has 3 heterocycles. The molecule has 1 aliphatic heterocycles. The molecule has 6 heteroatoms. The van der Waals surface area contributed by atoms with Gasteiger partial charge in [0, 0.05) is 34.3 Å². The van der Waals surface area contributed by atoms with Crippen molar-refractivity contribution in [1.29, 1.82) is 0 Å². The topological polar surface area (TPSA) is 62.3 Å². The number of fused-ring (bicyclic) bond motifs is 2. The second kappa shape index (κ2) is 7.27. The largest absolute Gasteiger partial charge is 0.454 e. The van der Waals surface area contributed by atoms with Gasteiger partial charge in [0.25, 0.3) is 0 Å². The van der Waals surface area contributed by atoms with Crippen LogP contribution in [0, 0.1) is 13.8 Å². The molecule has 0 N–H and O–H groups in total. The molecule has 0 fully saturated rings. The van der Waals surface area contributed by atoms with Crippen LogP contribution in [0.1, 0.15) is 16.8 Å². The molecule has 0 aliphatic carbocycles.